The fourth-order valence-electron chi connectivity index (χ4n) is 2.60. The van der Waals surface area contributed by atoms with Crippen LogP contribution in [0.5, 0.6) is 0 Å². The van der Waals surface area contributed by atoms with Gasteiger partial charge in [0, 0.05) is 38.3 Å². The van der Waals surface area contributed by atoms with Crippen LogP contribution in [0.15, 0.2) is 29.2 Å². The maximum absolute atomic E-state index is 12.7. The highest BCUT2D eigenvalue weighted by Crippen LogP contribution is 2.25. The Labute approximate surface area is 140 Å². The Bertz CT molecular complexity index is 704. The Kier molecular flexibility index (Phi) is 5.86. The molecular weight excluding hydrogens is 336 g/mol. The van der Waals surface area contributed by atoms with E-state index < -0.39 is 20.9 Å². The number of nitrogens with two attached hydrogens (primary N) is 1. The van der Waals surface area contributed by atoms with Crippen molar-refractivity contribution in [2.45, 2.75) is 17.7 Å². The number of hydrogen-bond acceptors (Lipinski definition) is 6. The molecule has 0 saturated carbocycles. The lowest BCUT2D eigenvalue weighted by molar-refractivity contribution is -0.384. The number of non-ortho nitro benzene ring substituents is 1. The number of hydrogen-bond donors (Lipinski definition) is 2. The number of nitro benzene ring substituents is 1. The minimum atomic E-state index is -3.79. The number of piperidine rings is 1. The standard InChI is InChI=1S/C14H20N4O5S/c15-7-8-16-14(19)11-2-1-9-17(10-11)24(22,23)13-5-3-12(4-6-13)18(20)21/h3-6,11H,1-2,7-10,15H2,(H,16,19)/t11-/m1/s1. The number of carbonyl (C=O) groups excluding carboxylic acids is 1. The van der Waals surface area contributed by atoms with E-state index in [1.165, 1.54) is 16.4 Å². The Hall–Kier alpha value is -2.04. The van der Waals surface area contributed by atoms with E-state index in [4.69, 9.17) is 5.73 Å². The summed E-state index contributed by atoms with van der Waals surface area (Å²) in [5, 5.41) is 13.3. The molecule has 1 aliphatic rings. The van der Waals surface area contributed by atoms with Gasteiger partial charge in [-0.15, -0.1) is 0 Å². The molecule has 1 atom stereocenters. The van der Waals surface area contributed by atoms with Crippen molar-refractivity contribution < 1.29 is 18.1 Å². The second-order valence-corrected chi connectivity index (χ2v) is 7.47. The first kappa shape index (κ1) is 18.3. The molecule has 3 N–H and O–H groups in total. The molecule has 0 unspecified atom stereocenters. The van der Waals surface area contributed by atoms with E-state index in [2.05, 4.69) is 5.32 Å². The smallest absolute Gasteiger partial charge is 0.269 e. The molecule has 1 amide bonds. The van der Waals surface area contributed by atoms with E-state index in [-0.39, 0.29) is 23.0 Å². The third-order valence-corrected chi connectivity index (χ3v) is 5.76. The van der Waals surface area contributed by atoms with Gasteiger partial charge in [0.15, 0.2) is 0 Å². The van der Waals surface area contributed by atoms with E-state index in [0.717, 1.165) is 12.1 Å². The molecule has 1 saturated heterocycles. The van der Waals surface area contributed by atoms with Gasteiger partial charge in [-0.05, 0) is 25.0 Å². The number of amides is 1. The van der Waals surface area contributed by atoms with E-state index in [9.17, 15) is 23.3 Å². The zero-order valence-electron chi connectivity index (χ0n) is 13.1. The van der Waals surface area contributed by atoms with Crippen LogP contribution in [0.2, 0.25) is 0 Å². The zero-order chi connectivity index (χ0) is 17.7. The molecule has 9 nitrogen and oxygen atoms in total. The average Bonchev–Trinajstić information content (AvgIpc) is 2.59. The van der Waals surface area contributed by atoms with E-state index in [1.807, 2.05) is 0 Å². The van der Waals surface area contributed by atoms with Crippen molar-refractivity contribution >= 4 is 21.6 Å². The SMILES string of the molecule is NCCNC(=O)[C@@H]1CCCN(S(=O)(=O)c2ccc([N+](=O)[O-])cc2)C1. The van der Waals surface area contributed by atoms with Crippen LogP contribution in [0.4, 0.5) is 5.69 Å². The van der Waals surface area contributed by atoms with Gasteiger partial charge >= 0.3 is 0 Å². The lowest BCUT2D eigenvalue weighted by Gasteiger charge is -2.31. The second-order valence-electron chi connectivity index (χ2n) is 5.53. The molecule has 0 aromatic heterocycles. The molecule has 0 aliphatic carbocycles. The largest absolute Gasteiger partial charge is 0.355 e. The molecule has 1 fully saturated rings. The number of sulfonamides is 1. The van der Waals surface area contributed by atoms with Crippen LogP contribution in [-0.2, 0) is 14.8 Å². The van der Waals surface area contributed by atoms with Gasteiger partial charge in [0.1, 0.15) is 0 Å². The van der Waals surface area contributed by atoms with Gasteiger partial charge in [0.05, 0.1) is 15.7 Å². The van der Waals surface area contributed by atoms with Crippen LogP contribution in [-0.4, -0.2) is 49.7 Å². The molecule has 10 heteroatoms. The maximum atomic E-state index is 12.7. The third-order valence-electron chi connectivity index (χ3n) is 3.88. The molecule has 2 rings (SSSR count). The highest BCUT2D eigenvalue weighted by Gasteiger charge is 2.33. The number of nitro groups is 1. The first-order valence-corrected chi connectivity index (χ1v) is 9.02. The summed E-state index contributed by atoms with van der Waals surface area (Å²) in [7, 11) is -3.79. The van der Waals surface area contributed by atoms with Crippen LogP contribution < -0.4 is 11.1 Å². The van der Waals surface area contributed by atoms with E-state index in [0.29, 0.717) is 32.5 Å². The van der Waals surface area contributed by atoms with Gasteiger partial charge in [-0.25, -0.2) is 8.42 Å². The summed E-state index contributed by atoms with van der Waals surface area (Å²) in [4.78, 5) is 22.1. The lowest BCUT2D eigenvalue weighted by Crippen LogP contribution is -2.46. The number of nitrogens with one attached hydrogen (secondary N) is 1. The van der Waals surface area contributed by atoms with Gasteiger partial charge in [-0.3, -0.25) is 14.9 Å². The first-order chi connectivity index (χ1) is 11.4. The summed E-state index contributed by atoms with van der Waals surface area (Å²) in [5.41, 5.74) is 5.17. The summed E-state index contributed by atoms with van der Waals surface area (Å²) in [6, 6.07) is 4.74. The molecule has 1 heterocycles. The Morgan fingerprint density at radius 2 is 2.04 bits per heavy atom. The molecule has 24 heavy (non-hydrogen) atoms. The summed E-state index contributed by atoms with van der Waals surface area (Å²) >= 11 is 0. The highest BCUT2D eigenvalue weighted by atomic mass is 32.2. The van der Waals surface area contributed by atoms with Crippen molar-refractivity contribution in [2.75, 3.05) is 26.2 Å². The number of carbonyl (C=O) groups is 1. The molecule has 0 spiro atoms. The number of benzene rings is 1. The van der Waals surface area contributed by atoms with Gasteiger partial charge in [0.2, 0.25) is 15.9 Å². The second kappa shape index (κ2) is 7.69. The summed E-state index contributed by atoms with van der Waals surface area (Å²) in [5.74, 6) is -0.623. The Morgan fingerprint density at radius 3 is 2.62 bits per heavy atom. The molecular formula is C14H20N4O5S. The van der Waals surface area contributed by atoms with Gasteiger partial charge in [-0.1, -0.05) is 0 Å². The summed E-state index contributed by atoms with van der Waals surface area (Å²) < 4.78 is 26.6. The van der Waals surface area contributed by atoms with Crippen LogP contribution in [0.1, 0.15) is 12.8 Å². The minimum absolute atomic E-state index is 0.0175. The predicted molar refractivity (Wildman–Crippen MR) is 86.6 cm³/mol. The molecule has 1 aromatic carbocycles. The quantitative estimate of drug-likeness (QED) is 0.547. The van der Waals surface area contributed by atoms with E-state index in [1.54, 1.807) is 0 Å². The normalized spacial score (nSPS) is 19.0. The molecule has 0 radical (unpaired) electrons. The summed E-state index contributed by atoms with van der Waals surface area (Å²) in [6.07, 6.45) is 1.19. The van der Waals surface area contributed by atoms with Gasteiger partial charge < -0.3 is 11.1 Å². The van der Waals surface area contributed by atoms with Crippen LogP contribution >= 0.6 is 0 Å². The third kappa shape index (κ3) is 4.08. The van der Waals surface area contributed by atoms with Crippen molar-refractivity contribution in [1.82, 2.24) is 9.62 Å². The van der Waals surface area contributed by atoms with E-state index >= 15 is 0 Å². The molecule has 1 aromatic rings. The topological polar surface area (TPSA) is 136 Å². The Balaban J connectivity index is 2.13. The van der Waals surface area contributed by atoms with Gasteiger partial charge in [0.25, 0.3) is 5.69 Å². The van der Waals surface area contributed by atoms with Crippen molar-refractivity contribution in [3.05, 3.63) is 34.4 Å². The molecule has 1 aliphatic heterocycles. The van der Waals surface area contributed by atoms with Crippen molar-refractivity contribution in [1.29, 1.82) is 0 Å². The maximum Gasteiger partial charge on any atom is 0.269 e. The monoisotopic (exact) mass is 356 g/mol. The number of nitrogens with zero attached hydrogens (tertiary/aromatic N) is 2. The Morgan fingerprint density at radius 1 is 1.38 bits per heavy atom. The van der Waals surface area contributed by atoms with Crippen LogP contribution in [0, 0.1) is 16.0 Å². The molecule has 132 valence electrons. The minimum Gasteiger partial charge on any atom is -0.355 e. The lowest BCUT2D eigenvalue weighted by atomic mass is 9.99. The van der Waals surface area contributed by atoms with Gasteiger partial charge in [-0.2, -0.15) is 4.31 Å². The van der Waals surface area contributed by atoms with Crippen LogP contribution in [0.25, 0.3) is 0 Å². The van der Waals surface area contributed by atoms with Crippen molar-refractivity contribution in [2.24, 2.45) is 11.7 Å². The predicted octanol–water partition coefficient (Wildman–Crippen LogP) is 0.0704. The first-order valence-electron chi connectivity index (χ1n) is 7.58. The highest BCUT2D eigenvalue weighted by molar-refractivity contribution is 7.89. The zero-order valence-corrected chi connectivity index (χ0v) is 13.9. The average molecular weight is 356 g/mol. The van der Waals surface area contributed by atoms with Crippen LogP contribution in [0.3, 0.4) is 0 Å². The van der Waals surface area contributed by atoms with Crippen molar-refractivity contribution in [3.8, 4) is 0 Å². The summed E-state index contributed by atoms with van der Waals surface area (Å²) in [6.45, 7) is 1.09. The molecule has 0 bridgehead atoms. The van der Waals surface area contributed by atoms with Crippen molar-refractivity contribution in [3.63, 3.8) is 0 Å². The fraction of sp³-hybridized carbons (Fsp3) is 0.500. The number of rotatable bonds is 6. The fourth-order valence-corrected chi connectivity index (χ4v) is 4.13.